The van der Waals surface area contributed by atoms with Gasteiger partial charge in [-0.3, -0.25) is 10.1 Å². The molecule has 0 aliphatic rings. The molecular formula is C14H21NO7. The van der Waals surface area contributed by atoms with E-state index in [9.17, 15) is 15.2 Å². The van der Waals surface area contributed by atoms with Crippen LogP contribution < -0.4 is 0 Å². The van der Waals surface area contributed by atoms with Crippen LogP contribution in [0.15, 0.2) is 24.3 Å². The van der Waals surface area contributed by atoms with Crippen molar-refractivity contribution >= 4 is 5.69 Å². The van der Waals surface area contributed by atoms with Crippen LogP contribution >= 0.6 is 0 Å². The summed E-state index contributed by atoms with van der Waals surface area (Å²) in [5.41, 5.74) is 0.539. The number of hydrogen-bond donors (Lipinski definition) is 2. The largest absolute Gasteiger partial charge is 0.394 e. The molecule has 1 atom stereocenters. The number of nitro benzene ring substituents is 1. The molecule has 0 aromatic heterocycles. The molecular weight excluding hydrogens is 294 g/mol. The lowest BCUT2D eigenvalue weighted by Gasteiger charge is -2.11. The Kier molecular flexibility index (Phi) is 9.28. The molecule has 0 aliphatic heterocycles. The standard InChI is InChI=1S/C14H21NO7/c16-5-6-20-7-8-21-9-10-22-11-14(17)12-1-3-13(4-2-12)15(18)19/h1-4,14,16-17H,5-11H2. The highest BCUT2D eigenvalue weighted by atomic mass is 16.6. The first-order valence-electron chi connectivity index (χ1n) is 6.91. The molecule has 0 radical (unpaired) electrons. The fourth-order valence-corrected chi connectivity index (χ4v) is 1.61. The van der Waals surface area contributed by atoms with Crippen LogP contribution in [0.4, 0.5) is 5.69 Å². The van der Waals surface area contributed by atoms with Crippen molar-refractivity contribution in [1.82, 2.24) is 0 Å². The van der Waals surface area contributed by atoms with E-state index in [0.717, 1.165) is 0 Å². The van der Waals surface area contributed by atoms with Gasteiger partial charge in [0, 0.05) is 12.1 Å². The normalized spacial score (nSPS) is 12.3. The van der Waals surface area contributed by atoms with Gasteiger partial charge in [0.2, 0.25) is 0 Å². The zero-order valence-corrected chi connectivity index (χ0v) is 12.2. The van der Waals surface area contributed by atoms with E-state index in [2.05, 4.69) is 0 Å². The van der Waals surface area contributed by atoms with Crippen LogP contribution in [0, 0.1) is 10.1 Å². The molecule has 124 valence electrons. The summed E-state index contributed by atoms with van der Waals surface area (Å²) >= 11 is 0. The van der Waals surface area contributed by atoms with E-state index in [1.54, 1.807) is 0 Å². The molecule has 0 fully saturated rings. The Hall–Kier alpha value is -1.58. The monoisotopic (exact) mass is 315 g/mol. The van der Waals surface area contributed by atoms with Crippen LogP contribution in [0.2, 0.25) is 0 Å². The molecule has 2 N–H and O–H groups in total. The number of benzene rings is 1. The number of rotatable bonds is 12. The molecule has 1 unspecified atom stereocenters. The highest BCUT2D eigenvalue weighted by molar-refractivity contribution is 5.33. The fourth-order valence-electron chi connectivity index (χ4n) is 1.61. The minimum absolute atomic E-state index is 0.0103. The summed E-state index contributed by atoms with van der Waals surface area (Å²) in [5, 5.41) is 28.9. The Bertz CT molecular complexity index is 424. The summed E-state index contributed by atoms with van der Waals surface area (Å²) in [5.74, 6) is 0. The average Bonchev–Trinajstić information content (AvgIpc) is 2.53. The first-order valence-corrected chi connectivity index (χ1v) is 6.91. The number of aliphatic hydroxyl groups excluding tert-OH is 2. The van der Waals surface area contributed by atoms with Gasteiger partial charge in [0.1, 0.15) is 6.10 Å². The van der Waals surface area contributed by atoms with Crippen LogP contribution in [0.25, 0.3) is 0 Å². The molecule has 1 rings (SSSR count). The zero-order valence-electron chi connectivity index (χ0n) is 12.2. The summed E-state index contributed by atoms with van der Waals surface area (Å²) in [6.07, 6.45) is -0.839. The van der Waals surface area contributed by atoms with Crippen molar-refractivity contribution in [2.24, 2.45) is 0 Å². The van der Waals surface area contributed by atoms with Crippen LogP contribution in [-0.4, -0.2) is 61.4 Å². The third-order valence-corrected chi connectivity index (χ3v) is 2.74. The summed E-state index contributed by atoms with van der Waals surface area (Å²) in [6.45, 7) is 1.88. The Morgan fingerprint density at radius 2 is 1.55 bits per heavy atom. The SMILES string of the molecule is O=[N+]([O-])c1ccc(C(O)COCCOCCOCCO)cc1. The molecule has 1 aromatic carbocycles. The number of aliphatic hydroxyl groups is 2. The minimum atomic E-state index is -0.839. The molecule has 8 nitrogen and oxygen atoms in total. The maximum Gasteiger partial charge on any atom is 0.269 e. The van der Waals surface area contributed by atoms with Gasteiger partial charge in [-0.2, -0.15) is 0 Å². The van der Waals surface area contributed by atoms with Crippen LogP contribution in [0.1, 0.15) is 11.7 Å². The molecule has 0 saturated carbocycles. The van der Waals surface area contributed by atoms with Crippen molar-refractivity contribution < 1.29 is 29.3 Å². The third-order valence-electron chi connectivity index (χ3n) is 2.74. The first kappa shape index (κ1) is 18.5. The molecule has 0 aliphatic carbocycles. The Morgan fingerprint density at radius 1 is 1.00 bits per heavy atom. The van der Waals surface area contributed by atoms with E-state index < -0.39 is 11.0 Å². The van der Waals surface area contributed by atoms with Gasteiger partial charge >= 0.3 is 0 Å². The second-order valence-corrected chi connectivity index (χ2v) is 4.39. The number of ether oxygens (including phenoxy) is 3. The second kappa shape index (κ2) is 11.0. The second-order valence-electron chi connectivity index (χ2n) is 4.39. The van der Waals surface area contributed by atoms with E-state index in [4.69, 9.17) is 19.3 Å². The van der Waals surface area contributed by atoms with Crippen LogP contribution in [-0.2, 0) is 14.2 Å². The summed E-state index contributed by atoms with van der Waals surface area (Å²) < 4.78 is 15.5. The molecule has 0 bridgehead atoms. The molecule has 0 amide bonds. The lowest BCUT2D eigenvalue weighted by atomic mass is 10.1. The molecule has 8 heteroatoms. The van der Waals surface area contributed by atoms with Crippen molar-refractivity contribution in [2.45, 2.75) is 6.10 Å². The Labute approximate surface area is 128 Å². The van der Waals surface area contributed by atoms with Crippen molar-refractivity contribution in [2.75, 3.05) is 46.2 Å². The van der Waals surface area contributed by atoms with Gasteiger partial charge in [-0.1, -0.05) is 0 Å². The third kappa shape index (κ3) is 7.43. The topological polar surface area (TPSA) is 111 Å². The van der Waals surface area contributed by atoms with Gasteiger partial charge in [0.15, 0.2) is 0 Å². The molecule has 1 aromatic rings. The predicted molar refractivity (Wildman–Crippen MR) is 77.6 cm³/mol. The molecule has 0 spiro atoms. The van der Waals surface area contributed by atoms with Gasteiger partial charge in [-0.25, -0.2) is 0 Å². The van der Waals surface area contributed by atoms with E-state index in [1.165, 1.54) is 24.3 Å². The van der Waals surface area contributed by atoms with Crippen LogP contribution in [0.3, 0.4) is 0 Å². The van der Waals surface area contributed by atoms with E-state index in [1.807, 2.05) is 0 Å². The van der Waals surface area contributed by atoms with Gasteiger partial charge in [-0.05, 0) is 17.7 Å². The van der Waals surface area contributed by atoms with Crippen molar-refractivity contribution in [3.05, 3.63) is 39.9 Å². The van der Waals surface area contributed by atoms with Gasteiger partial charge in [-0.15, -0.1) is 0 Å². The average molecular weight is 315 g/mol. The summed E-state index contributed by atoms with van der Waals surface area (Å²) in [6, 6.07) is 5.68. The maximum absolute atomic E-state index is 10.5. The number of nitro groups is 1. The van der Waals surface area contributed by atoms with Crippen molar-refractivity contribution in [1.29, 1.82) is 0 Å². The minimum Gasteiger partial charge on any atom is -0.394 e. The fraction of sp³-hybridized carbons (Fsp3) is 0.571. The highest BCUT2D eigenvalue weighted by Crippen LogP contribution is 2.17. The maximum atomic E-state index is 10.5. The van der Waals surface area contributed by atoms with Gasteiger partial charge < -0.3 is 24.4 Å². The quantitative estimate of drug-likeness (QED) is 0.331. The van der Waals surface area contributed by atoms with E-state index >= 15 is 0 Å². The van der Waals surface area contributed by atoms with Gasteiger partial charge in [0.05, 0.1) is 51.2 Å². The number of non-ortho nitro benzene ring substituents is 1. The Balaban J connectivity index is 2.10. The predicted octanol–water partition coefficient (Wildman–Crippen LogP) is 0.670. The summed E-state index contributed by atoms with van der Waals surface area (Å²) in [7, 11) is 0. The zero-order chi connectivity index (χ0) is 16.2. The lowest BCUT2D eigenvalue weighted by Crippen LogP contribution is -2.13. The lowest BCUT2D eigenvalue weighted by molar-refractivity contribution is -0.384. The smallest absolute Gasteiger partial charge is 0.269 e. The van der Waals surface area contributed by atoms with Crippen molar-refractivity contribution in [3.63, 3.8) is 0 Å². The molecule has 0 heterocycles. The van der Waals surface area contributed by atoms with E-state index in [0.29, 0.717) is 38.6 Å². The van der Waals surface area contributed by atoms with Crippen molar-refractivity contribution in [3.8, 4) is 0 Å². The highest BCUT2D eigenvalue weighted by Gasteiger charge is 2.10. The number of nitrogens with zero attached hydrogens (tertiary/aromatic N) is 1. The van der Waals surface area contributed by atoms with E-state index in [-0.39, 0.29) is 18.9 Å². The first-order chi connectivity index (χ1) is 10.6. The number of hydrogen-bond acceptors (Lipinski definition) is 7. The Morgan fingerprint density at radius 3 is 2.09 bits per heavy atom. The molecule has 0 saturated heterocycles. The van der Waals surface area contributed by atoms with Gasteiger partial charge in [0.25, 0.3) is 5.69 Å². The summed E-state index contributed by atoms with van der Waals surface area (Å²) in [4.78, 5) is 10.0. The van der Waals surface area contributed by atoms with Crippen LogP contribution in [0.5, 0.6) is 0 Å². The molecule has 22 heavy (non-hydrogen) atoms.